The predicted molar refractivity (Wildman–Crippen MR) is 98.7 cm³/mol. The molecule has 25 heavy (non-hydrogen) atoms. The number of nitrogens with one attached hydrogen (secondary N) is 2. The molecule has 3 rings (SSSR count). The van der Waals surface area contributed by atoms with Crippen LogP contribution in [-0.4, -0.2) is 27.0 Å². The van der Waals surface area contributed by atoms with Crippen molar-refractivity contribution in [1.82, 2.24) is 9.97 Å². The number of aryl methyl sites for hydroxylation is 1. The maximum absolute atomic E-state index is 14.9. The molecule has 0 saturated heterocycles. The van der Waals surface area contributed by atoms with E-state index >= 15 is 0 Å². The largest absolute Gasteiger partial charge is 0.478 e. The van der Waals surface area contributed by atoms with E-state index in [0.29, 0.717) is 5.69 Å². The van der Waals surface area contributed by atoms with Crippen LogP contribution in [0, 0.1) is 16.3 Å². The Morgan fingerprint density at radius 1 is 1.36 bits per heavy atom. The van der Waals surface area contributed by atoms with Crippen LogP contribution in [-0.2, 0) is 0 Å². The van der Waals surface area contributed by atoms with Gasteiger partial charge in [-0.2, -0.15) is 0 Å². The fraction of sp³-hybridized carbons (Fsp3) is 0.0625. The molecule has 7 nitrogen and oxygen atoms in total. The Morgan fingerprint density at radius 3 is 2.68 bits per heavy atom. The second-order valence-corrected chi connectivity index (χ2v) is 6.59. The van der Waals surface area contributed by atoms with Crippen molar-refractivity contribution in [3.05, 3.63) is 50.6 Å². The molecule has 0 aliphatic heterocycles. The number of fused-ring (bicyclic) bond motifs is 1. The second kappa shape index (κ2) is 6.31. The van der Waals surface area contributed by atoms with Gasteiger partial charge in [0.1, 0.15) is 5.52 Å². The fourth-order valence-electron chi connectivity index (χ4n) is 2.42. The number of carboxylic acid groups (broad SMARTS) is 1. The Bertz CT molecular complexity index is 1030. The van der Waals surface area contributed by atoms with Gasteiger partial charge in [0.05, 0.1) is 16.8 Å². The van der Waals surface area contributed by atoms with Crippen LogP contribution in [0.1, 0.15) is 26.5 Å². The summed E-state index contributed by atoms with van der Waals surface area (Å²) in [6.45, 7) is 1.82. The van der Waals surface area contributed by atoms with E-state index in [9.17, 15) is 19.1 Å². The summed E-state index contributed by atoms with van der Waals surface area (Å²) in [5.74, 6) is -3.30. The van der Waals surface area contributed by atoms with Crippen LogP contribution < -0.4 is 11.1 Å². The lowest BCUT2D eigenvalue weighted by molar-refractivity contribution is 0.0697. The van der Waals surface area contributed by atoms with Crippen molar-refractivity contribution < 1.29 is 19.1 Å². The molecule has 0 aliphatic carbocycles. The minimum absolute atomic E-state index is 0.0774. The number of nitrogens with two attached hydrogens (primary N) is 1. The number of carbonyl (C=O) groups is 2. The normalized spacial score (nSPS) is 10.8. The molecule has 1 amide bonds. The molecule has 0 fully saturated rings. The summed E-state index contributed by atoms with van der Waals surface area (Å²) < 4.78 is 15.9. The molecular formula is C16H12FIN4O3. The summed E-state index contributed by atoms with van der Waals surface area (Å²) in [6.07, 6.45) is 0. The maximum Gasteiger partial charge on any atom is 0.338 e. The van der Waals surface area contributed by atoms with Crippen LogP contribution >= 0.6 is 22.6 Å². The van der Waals surface area contributed by atoms with Crippen LogP contribution in [0.15, 0.2) is 24.3 Å². The van der Waals surface area contributed by atoms with Gasteiger partial charge < -0.3 is 21.1 Å². The predicted octanol–water partition coefficient (Wildman–Crippen LogP) is 3.16. The van der Waals surface area contributed by atoms with Gasteiger partial charge in [-0.3, -0.25) is 4.79 Å². The van der Waals surface area contributed by atoms with E-state index in [2.05, 4.69) is 37.9 Å². The molecule has 0 atom stereocenters. The first kappa shape index (κ1) is 17.1. The van der Waals surface area contributed by atoms with Gasteiger partial charge in [0.15, 0.2) is 11.6 Å². The number of H-pyrrole nitrogens is 1. The third kappa shape index (κ3) is 3.14. The molecule has 9 heteroatoms. The van der Waals surface area contributed by atoms with E-state index in [1.807, 2.05) is 19.1 Å². The summed E-state index contributed by atoms with van der Waals surface area (Å²) in [5, 5.41) is 12.2. The number of benzene rings is 2. The van der Waals surface area contributed by atoms with Crippen LogP contribution in [0.4, 0.5) is 15.8 Å². The average molecular weight is 454 g/mol. The van der Waals surface area contributed by atoms with E-state index < -0.39 is 17.7 Å². The van der Waals surface area contributed by atoms with Crippen molar-refractivity contribution in [2.24, 2.45) is 5.73 Å². The van der Waals surface area contributed by atoms with Gasteiger partial charge >= 0.3 is 5.97 Å². The lowest BCUT2D eigenvalue weighted by Gasteiger charge is -2.13. The third-order valence-electron chi connectivity index (χ3n) is 3.63. The number of primary amides is 1. The summed E-state index contributed by atoms with van der Waals surface area (Å²) in [6, 6.07) is 6.63. The molecule has 0 radical (unpaired) electrons. The quantitative estimate of drug-likeness (QED) is 0.452. The van der Waals surface area contributed by atoms with E-state index in [1.165, 1.54) is 6.07 Å². The molecule has 2 aromatic carbocycles. The standard InChI is InChI=1S/C16H12FIN4O3/c1-6-4-7(18)2-3-9(6)20-12-8(16(24)25)5-10-13(11(12)17)22-15(21-10)14(19)23/h2-5,20H,1H3,(H2,19,23)(H,21,22)(H,24,25). The zero-order valence-electron chi connectivity index (χ0n) is 12.9. The van der Waals surface area contributed by atoms with E-state index in [-0.39, 0.29) is 28.1 Å². The molecule has 0 bridgehead atoms. The molecule has 1 heterocycles. The average Bonchev–Trinajstić information content (AvgIpc) is 2.96. The molecule has 5 N–H and O–H groups in total. The SMILES string of the molecule is Cc1cc(I)ccc1Nc1c(C(=O)O)cc2[nH]c(C(N)=O)nc2c1F. The van der Waals surface area contributed by atoms with E-state index in [1.54, 1.807) is 6.07 Å². The Kier molecular flexibility index (Phi) is 4.33. The van der Waals surface area contributed by atoms with Crippen molar-refractivity contribution in [3.8, 4) is 0 Å². The van der Waals surface area contributed by atoms with Gasteiger partial charge in [-0.05, 0) is 59.3 Å². The molecule has 1 aromatic heterocycles. The minimum Gasteiger partial charge on any atom is -0.478 e. The van der Waals surface area contributed by atoms with Crippen molar-refractivity contribution >= 4 is 56.9 Å². The summed E-state index contributed by atoms with van der Waals surface area (Å²) >= 11 is 2.14. The molecule has 128 valence electrons. The number of aromatic nitrogens is 2. The number of carboxylic acids is 1. The number of rotatable bonds is 4. The number of aromatic amines is 1. The van der Waals surface area contributed by atoms with E-state index in [0.717, 1.165) is 9.13 Å². The lowest BCUT2D eigenvalue weighted by atomic mass is 10.1. The van der Waals surface area contributed by atoms with Crippen LogP contribution in [0.5, 0.6) is 0 Å². The number of nitrogens with zero attached hydrogens (tertiary/aromatic N) is 1. The van der Waals surface area contributed by atoms with Gasteiger partial charge in [-0.15, -0.1) is 0 Å². The van der Waals surface area contributed by atoms with Gasteiger partial charge in [0.2, 0.25) is 0 Å². The lowest BCUT2D eigenvalue weighted by Crippen LogP contribution is -2.12. The van der Waals surface area contributed by atoms with Crippen LogP contribution in [0.3, 0.4) is 0 Å². The molecule has 0 aliphatic rings. The molecular weight excluding hydrogens is 442 g/mol. The molecule has 0 unspecified atom stereocenters. The Labute approximate surface area is 154 Å². The monoisotopic (exact) mass is 454 g/mol. The maximum atomic E-state index is 14.9. The number of imidazole rings is 1. The molecule has 0 saturated carbocycles. The van der Waals surface area contributed by atoms with E-state index in [4.69, 9.17) is 5.73 Å². The fourth-order valence-corrected chi connectivity index (χ4v) is 3.07. The highest BCUT2D eigenvalue weighted by atomic mass is 127. The highest BCUT2D eigenvalue weighted by Gasteiger charge is 2.22. The first-order valence-corrected chi connectivity index (χ1v) is 8.14. The second-order valence-electron chi connectivity index (χ2n) is 5.35. The Hall–Kier alpha value is -2.69. The summed E-state index contributed by atoms with van der Waals surface area (Å²) in [5.41, 5.74) is 5.91. The number of amides is 1. The first-order chi connectivity index (χ1) is 11.8. The summed E-state index contributed by atoms with van der Waals surface area (Å²) in [4.78, 5) is 29.1. The van der Waals surface area contributed by atoms with Gasteiger partial charge in [-0.1, -0.05) is 0 Å². The number of anilines is 2. The van der Waals surface area contributed by atoms with Crippen molar-refractivity contribution in [1.29, 1.82) is 0 Å². The minimum atomic E-state index is -1.32. The molecule has 0 spiro atoms. The number of hydrogen-bond acceptors (Lipinski definition) is 4. The number of aromatic carboxylic acids is 1. The van der Waals surface area contributed by atoms with Crippen LogP contribution in [0.2, 0.25) is 0 Å². The Balaban J connectivity index is 2.21. The Morgan fingerprint density at radius 2 is 2.08 bits per heavy atom. The highest BCUT2D eigenvalue weighted by molar-refractivity contribution is 14.1. The highest BCUT2D eigenvalue weighted by Crippen LogP contribution is 2.31. The number of halogens is 2. The third-order valence-corrected chi connectivity index (χ3v) is 4.30. The first-order valence-electron chi connectivity index (χ1n) is 7.06. The zero-order chi connectivity index (χ0) is 18.3. The van der Waals surface area contributed by atoms with Crippen molar-refractivity contribution in [3.63, 3.8) is 0 Å². The van der Waals surface area contributed by atoms with Crippen molar-refractivity contribution in [2.45, 2.75) is 6.92 Å². The summed E-state index contributed by atoms with van der Waals surface area (Å²) in [7, 11) is 0. The number of hydrogen-bond donors (Lipinski definition) is 4. The topological polar surface area (TPSA) is 121 Å². The van der Waals surface area contributed by atoms with Crippen LogP contribution in [0.25, 0.3) is 11.0 Å². The molecule has 3 aromatic rings. The number of carbonyl (C=O) groups excluding carboxylic acids is 1. The van der Waals surface area contributed by atoms with Crippen molar-refractivity contribution in [2.75, 3.05) is 5.32 Å². The zero-order valence-corrected chi connectivity index (χ0v) is 15.0. The van der Waals surface area contributed by atoms with Gasteiger partial charge in [-0.25, -0.2) is 14.2 Å². The van der Waals surface area contributed by atoms with Gasteiger partial charge in [0.25, 0.3) is 5.91 Å². The van der Waals surface area contributed by atoms with Gasteiger partial charge in [0, 0.05) is 9.26 Å². The smallest absolute Gasteiger partial charge is 0.338 e.